The van der Waals surface area contributed by atoms with E-state index in [1.54, 1.807) is 7.05 Å². The minimum atomic E-state index is -0.0822. The molecule has 84 valence electrons. The Kier molecular flexibility index (Phi) is 9.19. The van der Waals surface area contributed by atoms with Crippen LogP contribution in [0.25, 0.3) is 0 Å². The van der Waals surface area contributed by atoms with Gasteiger partial charge in [0.15, 0.2) is 0 Å². The van der Waals surface area contributed by atoms with Crippen molar-refractivity contribution in [1.82, 2.24) is 10.6 Å². The third-order valence-corrected chi connectivity index (χ3v) is 2.85. The van der Waals surface area contributed by atoms with Gasteiger partial charge in [0.05, 0.1) is 6.04 Å². The van der Waals surface area contributed by atoms with Gasteiger partial charge in [-0.25, -0.2) is 0 Å². The highest BCUT2D eigenvalue weighted by Crippen LogP contribution is 2.01. The standard InChI is InChI=1S/C10H22N2OS/c1-9(11-2)10(13)12-7-5-4-6-8-14-3/h9,11H,4-8H2,1-3H3,(H,12,13). The van der Waals surface area contributed by atoms with Gasteiger partial charge in [-0.05, 0) is 38.8 Å². The Labute approximate surface area is 91.4 Å². The Morgan fingerprint density at radius 2 is 2.07 bits per heavy atom. The van der Waals surface area contributed by atoms with Gasteiger partial charge in [-0.1, -0.05) is 6.42 Å². The molecule has 0 aromatic carbocycles. The molecule has 4 heteroatoms. The maximum absolute atomic E-state index is 11.3. The average molecular weight is 218 g/mol. The number of amides is 1. The number of hydrogen-bond donors (Lipinski definition) is 2. The summed E-state index contributed by atoms with van der Waals surface area (Å²) in [4.78, 5) is 11.3. The summed E-state index contributed by atoms with van der Waals surface area (Å²) in [6.07, 6.45) is 5.66. The molecule has 1 atom stereocenters. The van der Waals surface area contributed by atoms with Crippen LogP contribution in [0.3, 0.4) is 0 Å². The molecule has 0 spiro atoms. The van der Waals surface area contributed by atoms with E-state index >= 15 is 0 Å². The minimum absolute atomic E-state index is 0.0822. The van der Waals surface area contributed by atoms with Crippen LogP contribution in [0.5, 0.6) is 0 Å². The van der Waals surface area contributed by atoms with E-state index in [9.17, 15) is 4.79 Å². The Hall–Kier alpha value is -0.220. The molecule has 0 radical (unpaired) electrons. The van der Waals surface area contributed by atoms with E-state index in [0.717, 1.165) is 13.0 Å². The first-order valence-electron chi connectivity index (χ1n) is 5.16. The molecule has 0 aliphatic carbocycles. The lowest BCUT2D eigenvalue weighted by Crippen LogP contribution is -2.40. The fraction of sp³-hybridized carbons (Fsp3) is 0.900. The number of carbonyl (C=O) groups is 1. The Balaban J connectivity index is 3.23. The van der Waals surface area contributed by atoms with E-state index in [1.807, 2.05) is 18.7 Å². The average Bonchev–Trinajstić information content (AvgIpc) is 2.21. The van der Waals surface area contributed by atoms with Gasteiger partial charge in [0, 0.05) is 6.54 Å². The van der Waals surface area contributed by atoms with E-state index in [1.165, 1.54) is 18.6 Å². The van der Waals surface area contributed by atoms with Crippen LogP contribution in [-0.4, -0.2) is 37.6 Å². The van der Waals surface area contributed by atoms with Crippen LogP contribution in [0.15, 0.2) is 0 Å². The first kappa shape index (κ1) is 13.8. The van der Waals surface area contributed by atoms with Gasteiger partial charge in [0.25, 0.3) is 0 Å². The second-order valence-electron chi connectivity index (χ2n) is 3.35. The van der Waals surface area contributed by atoms with Crippen LogP contribution < -0.4 is 10.6 Å². The number of rotatable bonds is 8. The van der Waals surface area contributed by atoms with Crippen LogP contribution in [0.2, 0.25) is 0 Å². The summed E-state index contributed by atoms with van der Waals surface area (Å²) in [5.74, 6) is 1.32. The van der Waals surface area contributed by atoms with Gasteiger partial charge >= 0.3 is 0 Å². The van der Waals surface area contributed by atoms with E-state index in [2.05, 4.69) is 16.9 Å². The molecule has 0 saturated carbocycles. The van der Waals surface area contributed by atoms with Gasteiger partial charge in [0.2, 0.25) is 5.91 Å². The highest BCUT2D eigenvalue weighted by Gasteiger charge is 2.07. The first-order valence-corrected chi connectivity index (χ1v) is 6.55. The van der Waals surface area contributed by atoms with Crippen molar-refractivity contribution < 1.29 is 4.79 Å². The number of likely N-dealkylation sites (N-methyl/N-ethyl adjacent to an activating group) is 1. The maximum atomic E-state index is 11.3. The van der Waals surface area contributed by atoms with Gasteiger partial charge in [-0.2, -0.15) is 11.8 Å². The molecule has 1 unspecified atom stereocenters. The van der Waals surface area contributed by atoms with Crippen molar-refractivity contribution in [3.63, 3.8) is 0 Å². The van der Waals surface area contributed by atoms with Crippen molar-refractivity contribution in [2.75, 3.05) is 25.6 Å². The molecule has 0 aromatic rings. The third-order valence-electron chi connectivity index (χ3n) is 2.15. The van der Waals surface area contributed by atoms with Crippen molar-refractivity contribution in [1.29, 1.82) is 0 Å². The van der Waals surface area contributed by atoms with E-state index in [-0.39, 0.29) is 11.9 Å². The topological polar surface area (TPSA) is 41.1 Å². The molecule has 14 heavy (non-hydrogen) atoms. The second-order valence-corrected chi connectivity index (χ2v) is 4.34. The van der Waals surface area contributed by atoms with Crippen molar-refractivity contribution in [3.05, 3.63) is 0 Å². The molecule has 0 rings (SSSR count). The molecule has 0 aliphatic heterocycles. The van der Waals surface area contributed by atoms with E-state index < -0.39 is 0 Å². The SMILES string of the molecule is CNC(C)C(=O)NCCCCCSC. The first-order chi connectivity index (χ1) is 6.72. The number of carbonyl (C=O) groups excluding carboxylic acids is 1. The summed E-state index contributed by atoms with van der Waals surface area (Å²) >= 11 is 1.88. The maximum Gasteiger partial charge on any atom is 0.236 e. The molecule has 0 saturated heterocycles. The molecule has 1 amide bonds. The summed E-state index contributed by atoms with van der Waals surface area (Å²) < 4.78 is 0. The highest BCUT2D eigenvalue weighted by atomic mass is 32.2. The Morgan fingerprint density at radius 3 is 2.64 bits per heavy atom. The van der Waals surface area contributed by atoms with Crippen LogP contribution in [-0.2, 0) is 4.79 Å². The fourth-order valence-electron chi connectivity index (χ4n) is 1.04. The molecule has 0 aliphatic rings. The normalized spacial score (nSPS) is 12.5. The van der Waals surface area contributed by atoms with Crippen LogP contribution >= 0.6 is 11.8 Å². The van der Waals surface area contributed by atoms with E-state index in [4.69, 9.17) is 0 Å². The lowest BCUT2D eigenvalue weighted by Gasteiger charge is -2.10. The highest BCUT2D eigenvalue weighted by molar-refractivity contribution is 7.98. The number of thioether (sulfide) groups is 1. The fourth-order valence-corrected chi connectivity index (χ4v) is 1.54. The summed E-state index contributed by atoms with van der Waals surface area (Å²) in [6, 6.07) is -0.0822. The lowest BCUT2D eigenvalue weighted by atomic mass is 10.2. The molecule has 0 aromatic heterocycles. The summed E-state index contributed by atoms with van der Waals surface area (Å²) in [6.45, 7) is 2.67. The zero-order valence-electron chi connectivity index (χ0n) is 9.43. The number of unbranched alkanes of at least 4 members (excludes halogenated alkanes) is 2. The smallest absolute Gasteiger partial charge is 0.236 e. The molecule has 2 N–H and O–H groups in total. The monoisotopic (exact) mass is 218 g/mol. The Bertz CT molecular complexity index is 153. The Morgan fingerprint density at radius 1 is 1.36 bits per heavy atom. The summed E-state index contributed by atoms with van der Waals surface area (Å²) in [5.41, 5.74) is 0. The third kappa shape index (κ3) is 7.21. The van der Waals surface area contributed by atoms with Gasteiger partial charge in [-0.3, -0.25) is 4.79 Å². The largest absolute Gasteiger partial charge is 0.355 e. The molecule has 0 heterocycles. The number of hydrogen-bond acceptors (Lipinski definition) is 3. The molecular weight excluding hydrogens is 196 g/mol. The summed E-state index contributed by atoms with van der Waals surface area (Å²) in [7, 11) is 1.79. The zero-order valence-corrected chi connectivity index (χ0v) is 10.2. The molecule has 0 bridgehead atoms. The lowest BCUT2D eigenvalue weighted by molar-refractivity contribution is -0.122. The number of nitrogens with one attached hydrogen (secondary N) is 2. The molecular formula is C10H22N2OS. The van der Waals surface area contributed by atoms with Crippen LogP contribution in [0.1, 0.15) is 26.2 Å². The minimum Gasteiger partial charge on any atom is -0.355 e. The van der Waals surface area contributed by atoms with E-state index in [0.29, 0.717) is 0 Å². The quantitative estimate of drug-likeness (QED) is 0.602. The van der Waals surface area contributed by atoms with Crippen molar-refractivity contribution in [3.8, 4) is 0 Å². The second kappa shape index (κ2) is 9.34. The van der Waals surface area contributed by atoms with Crippen molar-refractivity contribution in [2.45, 2.75) is 32.2 Å². The molecule has 0 fully saturated rings. The predicted molar refractivity (Wildman–Crippen MR) is 63.8 cm³/mol. The predicted octanol–water partition coefficient (Wildman–Crippen LogP) is 1.24. The summed E-state index contributed by atoms with van der Waals surface area (Å²) in [5, 5.41) is 5.81. The van der Waals surface area contributed by atoms with Crippen LogP contribution in [0, 0.1) is 0 Å². The van der Waals surface area contributed by atoms with Crippen molar-refractivity contribution >= 4 is 17.7 Å². The van der Waals surface area contributed by atoms with Gasteiger partial charge in [0.1, 0.15) is 0 Å². The molecule has 3 nitrogen and oxygen atoms in total. The van der Waals surface area contributed by atoms with Crippen molar-refractivity contribution in [2.24, 2.45) is 0 Å². The zero-order chi connectivity index (χ0) is 10.8. The van der Waals surface area contributed by atoms with Crippen LogP contribution in [0.4, 0.5) is 0 Å². The van der Waals surface area contributed by atoms with Gasteiger partial charge in [-0.15, -0.1) is 0 Å². The van der Waals surface area contributed by atoms with Gasteiger partial charge < -0.3 is 10.6 Å².